The van der Waals surface area contributed by atoms with Crippen LogP contribution in [0.4, 0.5) is 0 Å². The molecular formula is C20H28N4O2. The molecule has 4 heterocycles. The molecule has 2 atom stereocenters. The lowest BCUT2D eigenvalue weighted by Gasteiger charge is -2.50. The fourth-order valence-electron chi connectivity index (χ4n) is 4.40. The van der Waals surface area contributed by atoms with Gasteiger partial charge in [0.05, 0.1) is 25.5 Å². The van der Waals surface area contributed by atoms with Gasteiger partial charge in [0.1, 0.15) is 0 Å². The van der Waals surface area contributed by atoms with Crippen molar-refractivity contribution in [2.45, 2.75) is 38.5 Å². The number of likely N-dealkylation sites (tertiary alicyclic amines) is 1. The molecule has 2 aliphatic heterocycles. The molecule has 0 N–H and O–H groups in total. The Labute approximate surface area is 155 Å². The van der Waals surface area contributed by atoms with Gasteiger partial charge in [0, 0.05) is 62.9 Å². The Morgan fingerprint density at radius 1 is 1.35 bits per heavy atom. The summed E-state index contributed by atoms with van der Waals surface area (Å²) in [5.74, 6) is 0. The van der Waals surface area contributed by atoms with E-state index in [1.54, 1.807) is 6.20 Å². The zero-order valence-corrected chi connectivity index (χ0v) is 15.5. The van der Waals surface area contributed by atoms with E-state index in [1.807, 2.05) is 30.2 Å². The molecule has 6 heteroatoms. The van der Waals surface area contributed by atoms with Crippen molar-refractivity contribution in [3.8, 4) is 0 Å². The van der Waals surface area contributed by atoms with E-state index >= 15 is 0 Å². The van der Waals surface area contributed by atoms with Gasteiger partial charge in [-0.25, -0.2) is 0 Å². The van der Waals surface area contributed by atoms with Gasteiger partial charge in [0.2, 0.25) is 0 Å². The minimum Gasteiger partial charge on any atom is -0.377 e. The molecular weight excluding hydrogens is 328 g/mol. The molecule has 0 aromatic carbocycles. The number of hydrogen-bond acceptors (Lipinski definition) is 5. The van der Waals surface area contributed by atoms with Gasteiger partial charge in [0.15, 0.2) is 0 Å². The Balaban J connectivity index is 1.40. The average Bonchev–Trinajstić information content (AvgIpc) is 3.07. The predicted octanol–water partition coefficient (Wildman–Crippen LogP) is 2.40. The summed E-state index contributed by atoms with van der Waals surface area (Å²) in [6, 6.07) is 4.02. The second-order valence-corrected chi connectivity index (χ2v) is 7.70. The van der Waals surface area contributed by atoms with Crippen molar-refractivity contribution in [1.29, 1.82) is 0 Å². The summed E-state index contributed by atoms with van der Waals surface area (Å²) < 4.78 is 14.2. The summed E-state index contributed by atoms with van der Waals surface area (Å²) in [5, 5.41) is 4.30. The van der Waals surface area contributed by atoms with Gasteiger partial charge in [-0.1, -0.05) is 6.07 Å². The Bertz CT molecular complexity index is 705. The molecule has 2 aromatic rings. The predicted molar refractivity (Wildman–Crippen MR) is 98.4 cm³/mol. The zero-order valence-electron chi connectivity index (χ0n) is 15.5. The van der Waals surface area contributed by atoms with Crippen LogP contribution in [0, 0.1) is 5.41 Å². The number of nitrogens with zero attached hydrogens (tertiary/aromatic N) is 4. The highest BCUT2D eigenvalue weighted by Gasteiger charge is 2.46. The number of pyridine rings is 1. The minimum atomic E-state index is 0.0981. The van der Waals surface area contributed by atoms with Gasteiger partial charge >= 0.3 is 0 Å². The molecule has 2 unspecified atom stereocenters. The van der Waals surface area contributed by atoms with E-state index in [2.05, 4.69) is 27.2 Å². The quantitative estimate of drug-likeness (QED) is 0.796. The highest BCUT2D eigenvalue weighted by molar-refractivity contribution is 5.07. The molecule has 0 radical (unpaired) electrons. The van der Waals surface area contributed by atoms with E-state index in [9.17, 15) is 0 Å². The third-order valence-electron chi connectivity index (χ3n) is 5.61. The average molecular weight is 356 g/mol. The standard InChI is InChI=1S/C20H28N4O2/c1-23-12-18(11-22-23)13-24-8-5-19-20(15-24,6-3-9-26-19)16-25-14-17-4-2-7-21-10-17/h2,4,7,10-12,19H,3,5-6,8-9,13-16H2,1H3. The summed E-state index contributed by atoms with van der Waals surface area (Å²) in [6.45, 7) is 5.30. The van der Waals surface area contributed by atoms with Gasteiger partial charge < -0.3 is 9.47 Å². The van der Waals surface area contributed by atoms with Crippen LogP contribution in [0.5, 0.6) is 0 Å². The van der Waals surface area contributed by atoms with Crippen LogP contribution < -0.4 is 0 Å². The number of rotatable bonds is 6. The highest BCUT2D eigenvalue weighted by atomic mass is 16.5. The Kier molecular flexibility index (Phi) is 5.33. The number of aryl methyl sites for hydroxylation is 1. The number of ether oxygens (including phenoxy) is 2. The lowest BCUT2D eigenvalue weighted by molar-refractivity contribution is -0.155. The Hall–Kier alpha value is -1.76. The summed E-state index contributed by atoms with van der Waals surface area (Å²) in [6.07, 6.45) is 11.4. The minimum absolute atomic E-state index is 0.0981. The molecule has 0 aliphatic carbocycles. The van der Waals surface area contributed by atoms with Crippen LogP contribution in [0.25, 0.3) is 0 Å². The van der Waals surface area contributed by atoms with Crippen LogP contribution in [-0.4, -0.2) is 52.1 Å². The van der Waals surface area contributed by atoms with Gasteiger partial charge in [-0.05, 0) is 30.9 Å². The van der Waals surface area contributed by atoms with Crippen molar-refractivity contribution in [2.24, 2.45) is 12.5 Å². The molecule has 2 aliphatic rings. The summed E-state index contributed by atoms with van der Waals surface area (Å²) in [4.78, 5) is 6.71. The van der Waals surface area contributed by atoms with Gasteiger partial charge in [0.25, 0.3) is 0 Å². The maximum atomic E-state index is 6.16. The van der Waals surface area contributed by atoms with Crippen LogP contribution in [0.3, 0.4) is 0 Å². The molecule has 6 nitrogen and oxygen atoms in total. The second kappa shape index (κ2) is 7.86. The smallest absolute Gasteiger partial charge is 0.0732 e. The molecule has 4 rings (SSSR count). The first-order chi connectivity index (χ1) is 12.7. The molecule has 2 aromatic heterocycles. The topological polar surface area (TPSA) is 52.4 Å². The number of piperidine rings is 1. The zero-order chi connectivity index (χ0) is 17.8. The first-order valence-electron chi connectivity index (χ1n) is 9.52. The summed E-state index contributed by atoms with van der Waals surface area (Å²) in [5.41, 5.74) is 2.50. The number of fused-ring (bicyclic) bond motifs is 1. The van der Waals surface area contributed by atoms with Gasteiger partial charge in [-0.15, -0.1) is 0 Å². The van der Waals surface area contributed by atoms with E-state index in [4.69, 9.17) is 9.47 Å². The number of hydrogen-bond donors (Lipinski definition) is 0. The van der Waals surface area contributed by atoms with Crippen molar-refractivity contribution in [2.75, 3.05) is 26.3 Å². The first-order valence-corrected chi connectivity index (χ1v) is 9.52. The molecule has 2 fully saturated rings. The number of aromatic nitrogens is 3. The van der Waals surface area contributed by atoms with Crippen molar-refractivity contribution in [1.82, 2.24) is 19.7 Å². The van der Waals surface area contributed by atoms with Crippen LogP contribution in [0.15, 0.2) is 36.9 Å². The third kappa shape index (κ3) is 3.98. The molecule has 0 saturated carbocycles. The molecule has 2 saturated heterocycles. The first kappa shape index (κ1) is 17.6. The van der Waals surface area contributed by atoms with E-state index in [1.165, 1.54) is 12.0 Å². The molecule has 0 amide bonds. The lowest BCUT2D eigenvalue weighted by atomic mass is 9.73. The van der Waals surface area contributed by atoms with Crippen molar-refractivity contribution < 1.29 is 9.47 Å². The largest absolute Gasteiger partial charge is 0.377 e. The van der Waals surface area contributed by atoms with E-state index < -0.39 is 0 Å². The van der Waals surface area contributed by atoms with Crippen molar-refractivity contribution in [3.63, 3.8) is 0 Å². The monoisotopic (exact) mass is 356 g/mol. The van der Waals surface area contributed by atoms with Crippen LogP contribution in [0.2, 0.25) is 0 Å². The SMILES string of the molecule is Cn1cc(CN2CCC3OCCCC3(COCc3cccnc3)C2)cn1. The fraction of sp³-hybridized carbons (Fsp3) is 0.600. The maximum absolute atomic E-state index is 6.16. The molecule has 26 heavy (non-hydrogen) atoms. The maximum Gasteiger partial charge on any atom is 0.0732 e. The van der Waals surface area contributed by atoms with E-state index in [0.717, 1.165) is 51.3 Å². The lowest BCUT2D eigenvalue weighted by Crippen LogP contribution is -2.56. The summed E-state index contributed by atoms with van der Waals surface area (Å²) in [7, 11) is 1.97. The Morgan fingerprint density at radius 2 is 2.31 bits per heavy atom. The van der Waals surface area contributed by atoms with E-state index in [0.29, 0.717) is 12.7 Å². The van der Waals surface area contributed by atoms with Gasteiger partial charge in [-0.3, -0.25) is 14.6 Å². The fourth-order valence-corrected chi connectivity index (χ4v) is 4.40. The highest BCUT2D eigenvalue weighted by Crippen LogP contribution is 2.41. The van der Waals surface area contributed by atoms with Crippen LogP contribution in [-0.2, 0) is 29.7 Å². The second-order valence-electron chi connectivity index (χ2n) is 7.70. The van der Waals surface area contributed by atoms with Crippen LogP contribution >= 0.6 is 0 Å². The van der Waals surface area contributed by atoms with E-state index in [-0.39, 0.29) is 5.41 Å². The van der Waals surface area contributed by atoms with Crippen molar-refractivity contribution in [3.05, 3.63) is 48.0 Å². The van der Waals surface area contributed by atoms with Gasteiger partial charge in [-0.2, -0.15) is 5.10 Å². The van der Waals surface area contributed by atoms with Crippen molar-refractivity contribution >= 4 is 0 Å². The van der Waals surface area contributed by atoms with Crippen LogP contribution in [0.1, 0.15) is 30.4 Å². The summed E-state index contributed by atoms with van der Waals surface area (Å²) >= 11 is 0. The Morgan fingerprint density at radius 3 is 3.12 bits per heavy atom. The molecule has 0 spiro atoms. The molecule has 140 valence electrons. The normalized spacial score (nSPS) is 26.6. The molecule has 0 bridgehead atoms. The third-order valence-corrected chi connectivity index (χ3v) is 5.61.